The predicted molar refractivity (Wildman–Crippen MR) is 85.5 cm³/mol. The molecule has 0 saturated heterocycles. The summed E-state index contributed by atoms with van der Waals surface area (Å²) < 4.78 is 0. The van der Waals surface area contributed by atoms with Crippen LogP contribution in [0.15, 0.2) is 0 Å². The van der Waals surface area contributed by atoms with Crippen molar-refractivity contribution in [1.82, 2.24) is 0 Å². The van der Waals surface area contributed by atoms with Gasteiger partial charge in [-0.15, -0.1) is 0 Å². The fourth-order valence-corrected chi connectivity index (χ4v) is 7.47. The molecule has 4 fully saturated rings. The molecule has 4 aliphatic rings. The van der Waals surface area contributed by atoms with Gasteiger partial charge in [0.15, 0.2) is 0 Å². The Morgan fingerprint density at radius 2 is 1.65 bits per heavy atom. The molecule has 4 saturated carbocycles. The quantitative estimate of drug-likeness (QED) is 0.504. The van der Waals surface area contributed by atoms with Gasteiger partial charge in [-0.3, -0.25) is 0 Å². The Kier molecular flexibility index (Phi) is 3.07. The van der Waals surface area contributed by atoms with Gasteiger partial charge in [0.25, 0.3) is 0 Å². The first kappa shape index (κ1) is 13.6. The van der Waals surface area contributed by atoms with Gasteiger partial charge in [-0.25, -0.2) is 0 Å². The average molecular weight is 274 g/mol. The minimum Gasteiger partial charge on any atom is -0.0625 e. The Labute approximate surface area is 126 Å². The lowest BCUT2D eigenvalue weighted by molar-refractivity contribution is -0.110. The highest BCUT2D eigenvalue weighted by molar-refractivity contribution is 5.07. The molecule has 0 heteroatoms. The second-order valence-corrected chi connectivity index (χ2v) is 9.62. The van der Waals surface area contributed by atoms with Crippen molar-refractivity contribution in [2.45, 2.75) is 85.0 Å². The van der Waals surface area contributed by atoms with Crippen LogP contribution < -0.4 is 0 Å². The first-order valence-electron chi connectivity index (χ1n) is 9.53. The summed E-state index contributed by atoms with van der Waals surface area (Å²) in [6, 6.07) is 0. The molecule has 4 rings (SSSR count). The van der Waals surface area contributed by atoms with Gasteiger partial charge in [-0.1, -0.05) is 33.6 Å². The van der Waals surface area contributed by atoms with Crippen LogP contribution in [0.25, 0.3) is 0 Å². The Balaban J connectivity index is 1.62. The molecule has 20 heavy (non-hydrogen) atoms. The van der Waals surface area contributed by atoms with Gasteiger partial charge in [0.2, 0.25) is 0 Å². The largest absolute Gasteiger partial charge is 0.0625 e. The molecular weight excluding hydrogens is 240 g/mol. The van der Waals surface area contributed by atoms with Crippen molar-refractivity contribution >= 4 is 0 Å². The van der Waals surface area contributed by atoms with Crippen molar-refractivity contribution in [2.24, 2.45) is 40.4 Å². The molecule has 114 valence electrons. The van der Waals surface area contributed by atoms with Crippen molar-refractivity contribution in [3.05, 3.63) is 0 Å². The first-order valence-corrected chi connectivity index (χ1v) is 9.53. The van der Waals surface area contributed by atoms with E-state index in [-0.39, 0.29) is 0 Å². The van der Waals surface area contributed by atoms with E-state index in [1.807, 2.05) is 0 Å². The van der Waals surface area contributed by atoms with Gasteiger partial charge in [-0.05, 0) is 91.8 Å². The number of rotatable bonds is 0. The molecular formula is C20H34. The highest BCUT2D eigenvalue weighted by atomic mass is 14.6. The lowest BCUT2D eigenvalue weighted by Gasteiger charge is -2.60. The zero-order chi connectivity index (χ0) is 14.0. The Bertz CT molecular complexity index is 385. The molecule has 0 nitrogen and oxygen atoms in total. The standard InChI is InChI=1S/C20H34/c1-14-8-12-20(3)15(13-14)6-7-16-17-5-4-10-19(17,2)11-9-18(16)20/h14-18H,4-13H2,1-3H3/t14-,15?,16?,17?,18?,19?,20?/m0/s1. The van der Waals surface area contributed by atoms with Gasteiger partial charge in [0, 0.05) is 0 Å². The topological polar surface area (TPSA) is 0 Å². The maximum atomic E-state index is 2.71. The minimum atomic E-state index is 0.722. The van der Waals surface area contributed by atoms with Crippen molar-refractivity contribution < 1.29 is 0 Å². The van der Waals surface area contributed by atoms with Crippen LogP contribution >= 0.6 is 0 Å². The second kappa shape index (κ2) is 4.50. The third kappa shape index (κ3) is 1.78. The van der Waals surface area contributed by atoms with E-state index in [1.54, 1.807) is 44.9 Å². The predicted octanol–water partition coefficient (Wildman–Crippen LogP) is 6.06. The van der Waals surface area contributed by atoms with Crippen LogP contribution in [0.2, 0.25) is 0 Å². The maximum absolute atomic E-state index is 2.71. The molecule has 0 heterocycles. The van der Waals surface area contributed by atoms with Crippen molar-refractivity contribution in [3.8, 4) is 0 Å². The summed E-state index contributed by atoms with van der Waals surface area (Å²) in [7, 11) is 0. The normalized spacial score (nSPS) is 58.6. The average Bonchev–Trinajstić information content (AvgIpc) is 2.81. The molecule has 0 aromatic carbocycles. The molecule has 0 amide bonds. The monoisotopic (exact) mass is 274 g/mol. The molecule has 4 aliphatic carbocycles. The molecule has 0 spiro atoms. The van der Waals surface area contributed by atoms with Gasteiger partial charge in [0.1, 0.15) is 0 Å². The molecule has 0 aromatic rings. The fraction of sp³-hybridized carbons (Fsp3) is 1.00. The van der Waals surface area contributed by atoms with E-state index < -0.39 is 0 Å². The van der Waals surface area contributed by atoms with E-state index >= 15 is 0 Å². The van der Waals surface area contributed by atoms with Crippen LogP contribution in [0, 0.1) is 40.4 Å². The second-order valence-electron chi connectivity index (χ2n) is 9.62. The van der Waals surface area contributed by atoms with Crippen molar-refractivity contribution in [3.63, 3.8) is 0 Å². The third-order valence-electron chi connectivity index (χ3n) is 8.71. The summed E-state index contributed by atoms with van der Waals surface area (Å²) in [4.78, 5) is 0. The first-order chi connectivity index (χ1) is 9.53. The van der Waals surface area contributed by atoms with Gasteiger partial charge < -0.3 is 0 Å². The van der Waals surface area contributed by atoms with Gasteiger partial charge >= 0.3 is 0 Å². The van der Waals surface area contributed by atoms with Crippen LogP contribution in [0.4, 0.5) is 0 Å². The van der Waals surface area contributed by atoms with Crippen LogP contribution in [0.5, 0.6) is 0 Å². The van der Waals surface area contributed by atoms with E-state index in [0.29, 0.717) is 0 Å². The number of hydrogen-bond acceptors (Lipinski definition) is 0. The lowest BCUT2D eigenvalue weighted by atomic mass is 9.45. The lowest BCUT2D eigenvalue weighted by Crippen LogP contribution is -2.52. The van der Waals surface area contributed by atoms with Crippen LogP contribution in [-0.4, -0.2) is 0 Å². The number of hydrogen-bond donors (Lipinski definition) is 0. The number of fused-ring (bicyclic) bond motifs is 5. The summed E-state index contributed by atoms with van der Waals surface area (Å²) in [5, 5.41) is 0. The molecule has 0 N–H and O–H groups in total. The maximum Gasteiger partial charge on any atom is -0.0266 e. The zero-order valence-corrected chi connectivity index (χ0v) is 14.0. The summed E-state index contributed by atoms with van der Waals surface area (Å²) >= 11 is 0. The summed E-state index contributed by atoms with van der Waals surface area (Å²) in [6.45, 7) is 7.84. The van der Waals surface area contributed by atoms with Crippen molar-refractivity contribution in [2.75, 3.05) is 0 Å². The van der Waals surface area contributed by atoms with E-state index in [1.165, 1.54) is 19.3 Å². The van der Waals surface area contributed by atoms with E-state index in [9.17, 15) is 0 Å². The molecule has 0 bridgehead atoms. The van der Waals surface area contributed by atoms with Gasteiger partial charge in [0.05, 0.1) is 0 Å². The highest BCUT2D eigenvalue weighted by Crippen LogP contribution is 2.66. The summed E-state index contributed by atoms with van der Waals surface area (Å²) in [6.07, 6.45) is 15.5. The van der Waals surface area contributed by atoms with Crippen LogP contribution in [0.1, 0.15) is 85.0 Å². The fourth-order valence-electron chi connectivity index (χ4n) is 7.47. The van der Waals surface area contributed by atoms with E-state index in [0.717, 1.165) is 40.4 Å². The summed E-state index contributed by atoms with van der Waals surface area (Å²) in [5.74, 6) is 5.36. The SMILES string of the molecule is C[C@H]1CCC2(C)C(CCC3C4CCCC4(C)CCC32)C1. The third-order valence-corrected chi connectivity index (χ3v) is 8.71. The molecule has 7 atom stereocenters. The zero-order valence-electron chi connectivity index (χ0n) is 14.0. The van der Waals surface area contributed by atoms with Crippen LogP contribution in [0.3, 0.4) is 0 Å². The van der Waals surface area contributed by atoms with Crippen LogP contribution in [-0.2, 0) is 0 Å². The Hall–Kier alpha value is 0. The summed E-state index contributed by atoms with van der Waals surface area (Å²) in [5.41, 5.74) is 1.46. The van der Waals surface area contributed by atoms with Crippen molar-refractivity contribution in [1.29, 1.82) is 0 Å². The minimum absolute atomic E-state index is 0.722. The Morgan fingerprint density at radius 3 is 2.50 bits per heavy atom. The Morgan fingerprint density at radius 1 is 0.800 bits per heavy atom. The van der Waals surface area contributed by atoms with E-state index in [4.69, 9.17) is 0 Å². The molecule has 0 aromatic heterocycles. The molecule has 0 radical (unpaired) electrons. The molecule has 0 aliphatic heterocycles. The van der Waals surface area contributed by atoms with Gasteiger partial charge in [-0.2, -0.15) is 0 Å². The smallest absolute Gasteiger partial charge is 0.0266 e. The highest BCUT2D eigenvalue weighted by Gasteiger charge is 2.57. The molecule has 6 unspecified atom stereocenters. The van der Waals surface area contributed by atoms with E-state index in [2.05, 4.69) is 20.8 Å².